The maximum Gasteiger partial charge on any atom is 0.153 e. The fraction of sp³-hybridized carbons (Fsp3) is 0.143. The maximum absolute atomic E-state index is 10.9. The summed E-state index contributed by atoms with van der Waals surface area (Å²) in [6, 6.07) is 9.33. The maximum atomic E-state index is 10.9. The Morgan fingerprint density at radius 1 is 1.24 bits per heavy atom. The Morgan fingerprint density at radius 2 is 2.00 bits per heavy atom. The van der Waals surface area contributed by atoms with Crippen LogP contribution in [-0.4, -0.2) is 11.3 Å². The van der Waals surface area contributed by atoms with Crippen LogP contribution in [-0.2, 0) is 6.61 Å². The van der Waals surface area contributed by atoms with Crippen molar-refractivity contribution >= 4 is 6.29 Å². The molecule has 0 N–H and O–H groups in total. The van der Waals surface area contributed by atoms with Gasteiger partial charge in [-0.3, -0.25) is 9.78 Å². The largest absolute Gasteiger partial charge is 0.488 e. The van der Waals surface area contributed by atoms with Gasteiger partial charge in [0.25, 0.3) is 0 Å². The van der Waals surface area contributed by atoms with Gasteiger partial charge in [-0.15, -0.1) is 0 Å². The second kappa shape index (κ2) is 5.25. The molecular formula is C14H13NO2. The predicted molar refractivity (Wildman–Crippen MR) is 65.1 cm³/mol. The Kier molecular flexibility index (Phi) is 3.50. The minimum atomic E-state index is 0.437. The van der Waals surface area contributed by atoms with E-state index in [1.54, 1.807) is 12.4 Å². The first-order chi connectivity index (χ1) is 8.29. The van der Waals surface area contributed by atoms with Crippen molar-refractivity contribution in [2.75, 3.05) is 0 Å². The molecule has 0 amide bonds. The number of aryl methyl sites for hydroxylation is 1. The van der Waals surface area contributed by atoms with Gasteiger partial charge in [-0.05, 0) is 36.8 Å². The molecular weight excluding hydrogens is 214 g/mol. The third-order valence-electron chi connectivity index (χ3n) is 2.44. The summed E-state index contributed by atoms with van der Waals surface area (Å²) in [6.07, 6.45) is 4.25. The van der Waals surface area contributed by atoms with E-state index in [-0.39, 0.29) is 0 Å². The van der Waals surface area contributed by atoms with Crippen molar-refractivity contribution in [1.29, 1.82) is 0 Å². The summed E-state index contributed by atoms with van der Waals surface area (Å²) in [4.78, 5) is 14.8. The van der Waals surface area contributed by atoms with Crippen LogP contribution >= 0.6 is 0 Å². The standard InChI is InChI=1S/C14H13NO2/c1-11-2-3-14(13(8-11)9-16)17-10-12-4-6-15-7-5-12/h2-9H,10H2,1H3. The monoisotopic (exact) mass is 227 g/mol. The fourth-order valence-corrected chi connectivity index (χ4v) is 1.53. The summed E-state index contributed by atoms with van der Waals surface area (Å²) >= 11 is 0. The molecule has 0 aliphatic carbocycles. The summed E-state index contributed by atoms with van der Waals surface area (Å²) in [5.74, 6) is 0.613. The number of aldehydes is 1. The molecule has 0 atom stereocenters. The lowest BCUT2D eigenvalue weighted by molar-refractivity contribution is 0.111. The van der Waals surface area contributed by atoms with Crippen molar-refractivity contribution in [3.05, 3.63) is 59.4 Å². The molecule has 0 saturated heterocycles. The van der Waals surface area contributed by atoms with Crippen LogP contribution in [0.1, 0.15) is 21.5 Å². The quantitative estimate of drug-likeness (QED) is 0.754. The van der Waals surface area contributed by atoms with Crippen molar-refractivity contribution < 1.29 is 9.53 Å². The molecule has 0 radical (unpaired) electrons. The predicted octanol–water partition coefficient (Wildman–Crippen LogP) is 2.78. The second-order valence-corrected chi connectivity index (χ2v) is 3.80. The summed E-state index contributed by atoms with van der Waals surface area (Å²) in [6.45, 7) is 2.38. The molecule has 3 nitrogen and oxygen atoms in total. The molecule has 3 heteroatoms. The molecule has 2 rings (SSSR count). The van der Waals surface area contributed by atoms with Crippen LogP contribution in [0.2, 0.25) is 0 Å². The van der Waals surface area contributed by atoms with Gasteiger partial charge >= 0.3 is 0 Å². The van der Waals surface area contributed by atoms with E-state index < -0.39 is 0 Å². The summed E-state index contributed by atoms with van der Waals surface area (Å²) in [5.41, 5.74) is 2.65. The molecule has 0 aliphatic rings. The number of carbonyl (C=O) groups excluding carboxylic acids is 1. The smallest absolute Gasteiger partial charge is 0.153 e. The number of rotatable bonds is 4. The Bertz CT molecular complexity index is 509. The second-order valence-electron chi connectivity index (χ2n) is 3.80. The molecule has 17 heavy (non-hydrogen) atoms. The van der Waals surface area contributed by atoms with Crippen molar-refractivity contribution in [3.63, 3.8) is 0 Å². The van der Waals surface area contributed by atoms with E-state index in [4.69, 9.17) is 4.74 Å². The Morgan fingerprint density at radius 3 is 2.71 bits per heavy atom. The van der Waals surface area contributed by atoms with Crippen LogP contribution in [0.4, 0.5) is 0 Å². The third-order valence-corrected chi connectivity index (χ3v) is 2.44. The highest BCUT2D eigenvalue weighted by molar-refractivity contribution is 5.79. The minimum Gasteiger partial charge on any atom is -0.488 e. The Labute approximate surface area is 100 Å². The number of aromatic nitrogens is 1. The highest BCUT2D eigenvalue weighted by Crippen LogP contribution is 2.19. The molecule has 1 aromatic heterocycles. The molecule has 1 heterocycles. The lowest BCUT2D eigenvalue weighted by Crippen LogP contribution is -1.98. The highest BCUT2D eigenvalue weighted by atomic mass is 16.5. The summed E-state index contributed by atoms with van der Waals surface area (Å²) in [7, 11) is 0. The van der Waals surface area contributed by atoms with Crippen molar-refractivity contribution in [2.24, 2.45) is 0 Å². The van der Waals surface area contributed by atoms with Gasteiger partial charge in [0.05, 0.1) is 5.56 Å². The van der Waals surface area contributed by atoms with Crippen LogP contribution < -0.4 is 4.74 Å². The summed E-state index contributed by atoms with van der Waals surface area (Å²) in [5, 5.41) is 0. The van der Waals surface area contributed by atoms with E-state index in [0.717, 1.165) is 17.4 Å². The first-order valence-electron chi connectivity index (χ1n) is 5.37. The zero-order valence-corrected chi connectivity index (χ0v) is 9.59. The van der Waals surface area contributed by atoms with E-state index in [1.165, 1.54) is 0 Å². The molecule has 1 aromatic carbocycles. The number of hydrogen-bond donors (Lipinski definition) is 0. The number of hydrogen-bond acceptors (Lipinski definition) is 3. The average Bonchev–Trinajstić information content (AvgIpc) is 2.38. The van der Waals surface area contributed by atoms with Gasteiger partial charge in [0.2, 0.25) is 0 Å². The molecule has 0 aliphatic heterocycles. The zero-order valence-electron chi connectivity index (χ0n) is 9.59. The Hall–Kier alpha value is -2.16. The van der Waals surface area contributed by atoms with E-state index in [9.17, 15) is 4.79 Å². The molecule has 0 saturated carbocycles. The number of carbonyl (C=O) groups is 1. The van der Waals surface area contributed by atoms with Gasteiger partial charge in [-0.2, -0.15) is 0 Å². The van der Waals surface area contributed by atoms with Gasteiger partial charge in [-0.25, -0.2) is 0 Å². The van der Waals surface area contributed by atoms with E-state index in [1.807, 2.05) is 37.3 Å². The van der Waals surface area contributed by atoms with Crippen molar-refractivity contribution in [2.45, 2.75) is 13.5 Å². The fourth-order valence-electron chi connectivity index (χ4n) is 1.53. The normalized spacial score (nSPS) is 9.94. The minimum absolute atomic E-state index is 0.437. The first-order valence-corrected chi connectivity index (χ1v) is 5.37. The van der Waals surface area contributed by atoms with Gasteiger partial charge in [-0.1, -0.05) is 11.6 Å². The number of pyridine rings is 1. The lowest BCUT2D eigenvalue weighted by Gasteiger charge is -2.08. The van der Waals surface area contributed by atoms with Crippen LogP contribution in [0.15, 0.2) is 42.7 Å². The van der Waals surface area contributed by atoms with E-state index in [2.05, 4.69) is 4.98 Å². The highest BCUT2D eigenvalue weighted by Gasteiger charge is 2.03. The topological polar surface area (TPSA) is 39.2 Å². The van der Waals surface area contributed by atoms with Gasteiger partial charge < -0.3 is 4.74 Å². The van der Waals surface area contributed by atoms with Crippen LogP contribution in [0.5, 0.6) is 5.75 Å². The van der Waals surface area contributed by atoms with Crippen molar-refractivity contribution in [1.82, 2.24) is 4.98 Å². The van der Waals surface area contributed by atoms with Crippen molar-refractivity contribution in [3.8, 4) is 5.75 Å². The van der Waals surface area contributed by atoms with Gasteiger partial charge in [0.1, 0.15) is 12.4 Å². The summed E-state index contributed by atoms with van der Waals surface area (Å²) < 4.78 is 5.61. The van der Waals surface area contributed by atoms with E-state index in [0.29, 0.717) is 17.9 Å². The van der Waals surface area contributed by atoms with Crippen LogP contribution in [0, 0.1) is 6.92 Å². The van der Waals surface area contributed by atoms with Gasteiger partial charge in [0.15, 0.2) is 6.29 Å². The average molecular weight is 227 g/mol. The molecule has 0 bridgehead atoms. The number of benzene rings is 1. The molecule has 0 fully saturated rings. The third kappa shape index (κ3) is 2.91. The zero-order chi connectivity index (χ0) is 12.1. The van der Waals surface area contributed by atoms with Crippen LogP contribution in [0.25, 0.3) is 0 Å². The van der Waals surface area contributed by atoms with Crippen LogP contribution in [0.3, 0.4) is 0 Å². The van der Waals surface area contributed by atoms with Gasteiger partial charge in [0, 0.05) is 12.4 Å². The molecule has 0 spiro atoms. The lowest BCUT2D eigenvalue weighted by atomic mass is 10.1. The molecule has 86 valence electrons. The molecule has 2 aromatic rings. The first kappa shape index (κ1) is 11.3. The SMILES string of the molecule is Cc1ccc(OCc2ccncc2)c(C=O)c1. The number of nitrogens with zero attached hydrogens (tertiary/aromatic N) is 1. The number of ether oxygens (including phenoxy) is 1. The Balaban J connectivity index is 2.11. The van der Waals surface area contributed by atoms with E-state index >= 15 is 0 Å². The molecule has 0 unspecified atom stereocenters.